The van der Waals surface area contributed by atoms with Gasteiger partial charge in [0.15, 0.2) is 0 Å². The monoisotopic (exact) mass is 146 g/mol. The maximum absolute atomic E-state index is 0. The molecule has 0 amide bonds. The van der Waals surface area contributed by atoms with Crippen molar-refractivity contribution in [2.45, 2.75) is 0 Å². The summed E-state index contributed by atoms with van der Waals surface area (Å²) in [6.07, 6.45) is 0. The quantitative estimate of drug-likeness (QED) is 0.305. The normalized spacial score (nSPS) is 0. The van der Waals surface area contributed by atoms with Crippen LogP contribution in [-0.4, -0.2) is 5.48 Å². The van der Waals surface area contributed by atoms with E-state index in [4.69, 9.17) is 0 Å². The molecule has 0 saturated carbocycles. The molecular weight excluding hydrogens is 146 g/mol. The standard InChI is InChI=1S/2ClH.Ni.H2O/h2*1H;;1H2/q;;+2;/p-2. The third-order valence-corrected chi connectivity index (χ3v) is 0. The Morgan fingerprint density at radius 2 is 0.750 bits per heavy atom. The first-order chi connectivity index (χ1) is 0. The van der Waals surface area contributed by atoms with Crippen molar-refractivity contribution in [2.24, 2.45) is 0 Å². The van der Waals surface area contributed by atoms with E-state index in [9.17, 15) is 0 Å². The van der Waals surface area contributed by atoms with Crippen LogP contribution in [0.1, 0.15) is 0 Å². The molecule has 0 aliphatic carbocycles. The predicted molar refractivity (Wildman–Crippen MR) is 3.61 cm³/mol. The fourth-order valence-electron chi connectivity index (χ4n) is 0. The molecule has 0 aliphatic rings. The van der Waals surface area contributed by atoms with Gasteiger partial charge in [0.2, 0.25) is 0 Å². The Labute approximate surface area is 47.2 Å². The summed E-state index contributed by atoms with van der Waals surface area (Å²) in [6, 6.07) is 0. The number of hydrogen-bond acceptors (Lipinski definition) is 0. The third kappa shape index (κ3) is 11.7. The van der Waals surface area contributed by atoms with E-state index in [1.807, 2.05) is 0 Å². The van der Waals surface area contributed by atoms with Gasteiger partial charge in [0.1, 0.15) is 0 Å². The van der Waals surface area contributed by atoms with E-state index in [0.717, 1.165) is 0 Å². The minimum atomic E-state index is 0. The second-order valence-corrected chi connectivity index (χ2v) is 0. The van der Waals surface area contributed by atoms with Crippen molar-refractivity contribution in [3.63, 3.8) is 0 Å². The van der Waals surface area contributed by atoms with Crippen molar-refractivity contribution in [2.75, 3.05) is 0 Å². The Kier molecular flexibility index (Phi) is 666. The summed E-state index contributed by atoms with van der Waals surface area (Å²) in [4.78, 5) is 0. The molecule has 4 heteroatoms. The zero-order chi connectivity index (χ0) is 0. The van der Waals surface area contributed by atoms with Crippen molar-refractivity contribution in [1.29, 1.82) is 0 Å². The Hall–Kier alpha value is 1.03. The maximum atomic E-state index is 0. The Morgan fingerprint density at radius 3 is 0.750 bits per heavy atom. The first kappa shape index (κ1) is 76.7. The van der Waals surface area contributed by atoms with E-state index >= 15 is 0 Å². The van der Waals surface area contributed by atoms with Gasteiger partial charge >= 0.3 is 16.5 Å². The van der Waals surface area contributed by atoms with Crippen LogP contribution >= 0.6 is 0 Å². The minimum Gasteiger partial charge on any atom is -1.00 e. The molecule has 0 unspecified atom stereocenters. The predicted octanol–water partition coefficient (Wildman–Crippen LogP) is -6.82. The molecule has 2 N–H and O–H groups in total. The van der Waals surface area contributed by atoms with Crippen molar-refractivity contribution in [1.82, 2.24) is 0 Å². The van der Waals surface area contributed by atoms with Crippen molar-refractivity contribution >= 4 is 0 Å². The SMILES string of the molecule is O.[Cl-].[Cl-].[Ni+2]. The largest absolute Gasteiger partial charge is 2.00 e. The Balaban J connectivity index is 0. The van der Waals surface area contributed by atoms with Gasteiger partial charge in [0.05, 0.1) is 0 Å². The second kappa shape index (κ2) is 34.7. The number of hydrogen-bond donors (Lipinski definition) is 0. The van der Waals surface area contributed by atoms with Crippen molar-refractivity contribution in [3.05, 3.63) is 0 Å². The summed E-state index contributed by atoms with van der Waals surface area (Å²) in [6.45, 7) is 0. The molecule has 0 atom stereocenters. The second-order valence-electron chi connectivity index (χ2n) is 0. The van der Waals surface area contributed by atoms with Gasteiger partial charge in [-0.05, 0) is 0 Å². The van der Waals surface area contributed by atoms with E-state index in [1.165, 1.54) is 0 Å². The van der Waals surface area contributed by atoms with Crippen LogP contribution < -0.4 is 24.8 Å². The summed E-state index contributed by atoms with van der Waals surface area (Å²) in [5.74, 6) is 0. The number of halogens is 2. The molecule has 0 radical (unpaired) electrons. The molecule has 0 aromatic carbocycles. The summed E-state index contributed by atoms with van der Waals surface area (Å²) in [5.41, 5.74) is 0. The summed E-state index contributed by atoms with van der Waals surface area (Å²) < 4.78 is 0. The molecule has 0 spiro atoms. The molecule has 0 rings (SSSR count). The van der Waals surface area contributed by atoms with Gasteiger partial charge in [-0.2, -0.15) is 0 Å². The topological polar surface area (TPSA) is 31.5 Å². The maximum Gasteiger partial charge on any atom is 2.00 e. The average Bonchev–Trinajstić information content (AvgIpc) is 0. The van der Waals surface area contributed by atoms with E-state index in [0.29, 0.717) is 0 Å². The molecule has 0 bridgehead atoms. The Bertz CT molecular complexity index is 6.00. The van der Waals surface area contributed by atoms with Gasteiger partial charge < -0.3 is 30.3 Å². The first-order valence-corrected chi connectivity index (χ1v) is 0. The molecule has 4 heavy (non-hydrogen) atoms. The summed E-state index contributed by atoms with van der Waals surface area (Å²) in [5, 5.41) is 0. The number of rotatable bonds is 0. The van der Waals surface area contributed by atoms with E-state index in [1.54, 1.807) is 0 Å². The molecule has 0 saturated heterocycles. The molecule has 0 fully saturated rings. The van der Waals surface area contributed by atoms with E-state index in [-0.39, 0.29) is 46.8 Å². The zero-order valence-corrected chi connectivity index (χ0v) is 4.07. The van der Waals surface area contributed by atoms with Crippen molar-refractivity contribution in [3.8, 4) is 0 Å². The van der Waals surface area contributed by atoms with Crippen LogP contribution in [0.4, 0.5) is 0 Å². The van der Waals surface area contributed by atoms with Crippen molar-refractivity contribution < 1.29 is 46.8 Å². The zero-order valence-electron chi connectivity index (χ0n) is 1.57. The van der Waals surface area contributed by atoms with Crippen LogP contribution in [0.25, 0.3) is 0 Å². The van der Waals surface area contributed by atoms with Gasteiger partial charge in [-0.3, -0.25) is 0 Å². The molecule has 0 aliphatic heterocycles. The van der Waals surface area contributed by atoms with Crippen LogP contribution in [0.15, 0.2) is 0 Å². The molecule has 1 nitrogen and oxygen atoms in total. The fraction of sp³-hybridized carbons (Fsp3) is 0. The minimum absolute atomic E-state index is 0. The van der Waals surface area contributed by atoms with E-state index < -0.39 is 0 Å². The van der Waals surface area contributed by atoms with Crippen LogP contribution in [0, 0.1) is 0 Å². The molecular formula is H2Cl2NiO. The van der Waals surface area contributed by atoms with Gasteiger partial charge in [-0.25, -0.2) is 0 Å². The van der Waals surface area contributed by atoms with Gasteiger partial charge in [0, 0.05) is 0 Å². The molecule has 0 aromatic rings. The van der Waals surface area contributed by atoms with Gasteiger partial charge in [-0.1, -0.05) is 0 Å². The fourth-order valence-corrected chi connectivity index (χ4v) is 0. The van der Waals surface area contributed by atoms with E-state index in [2.05, 4.69) is 0 Å². The molecule has 0 heterocycles. The summed E-state index contributed by atoms with van der Waals surface area (Å²) in [7, 11) is 0. The average molecular weight is 148 g/mol. The molecule has 0 aromatic heterocycles. The van der Waals surface area contributed by atoms with Crippen LogP contribution in [0.2, 0.25) is 0 Å². The molecule has 32 valence electrons. The Morgan fingerprint density at radius 1 is 0.750 bits per heavy atom. The van der Waals surface area contributed by atoms with Gasteiger partial charge in [0.25, 0.3) is 0 Å². The third-order valence-electron chi connectivity index (χ3n) is 0. The summed E-state index contributed by atoms with van der Waals surface area (Å²) >= 11 is 0. The first-order valence-electron chi connectivity index (χ1n) is 0. The van der Waals surface area contributed by atoms with Crippen LogP contribution in [0.5, 0.6) is 0 Å². The van der Waals surface area contributed by atoms with Crippen LogP contribution in [-0.2, 0) is 16.5 Å². The smallest absolute Gasteiger partial charge is 1.00 e. The van der Waals surface area contributed by atoms with Gasteiger partial charge in [-0.15, -0.1) is 0 Å². The van der Waals surface area contributed by atoms with Crippen LogP contribution in [0.3, 0.4) is 0 Å².